The average molecular weight is 288 g/mol. The first kappa shape index (κ1) is 14.1. The van der Waals surface area contributed by atoms with E-state index in [0.29, 0.717) is 6.42 Å². The summed E-state index contributed by atoms with van der Waals surface area (Å²) in [5, 5.41) is 0. The molecule has 4 nitrogen and oxygen atoms in total. The SMILES string of the molecule is CC(=O)OC1CC(C)=C2C=CC(C)=C2C2OC(=O)C(C)C12. The molecule has 0 radical (unpaired) electrons. The highest BCUT2D eigenvalue weighted by Gasteiger charge is 2.51. The summed E-state index contributed by atoms with van der Waals surface area (Å²) >= 11 is 0. The van der Waals surface area contributed by atoms with Gasteiger partial charge in [-0.3, -0.25) is 9.59 Å². The van der Waals surface area contributed by atoms with Gasteiger partial charge in [-0.05, 0) is 25.0 Å². The summed E-state index contributed by atoms with van der Waals surface area (Å²) in [6.45, 7) is 7.37. The molecule has 112 valence electrons. The molecule has 0 aromatic carbocycles. The van der Waals surface area contributed by atoms with E-state index in [1.807, 2.05) is 13.8 Å². The summed E-state index contributed by atoms with van der Waals surface area (Å²) in [5.74, 6) is -0.879. The minimum Gasteiger partial charge on any atom is -0.462 e. The van der Waals surface area contributed by atoms with Crippen LogP contribution in [0.3, 0.4) is 0 Å². The van der Waals surface area contributed by atoms with Gasteiger partial charge < -0.3 is 9.47 Å². The molecule has 3 rings (SSSR count). The number of hydrogen-bond acceptors (Lipinski definition) is 4. The number of esters is 2. The molecule has 0 bridgehead atoms. The van der Waals surface area contributed by atoms with Crippen molar-refractivity contribution in [2.24, 2.45) is 11.8 Å². The first-order valence-corrected chi connectivity index (χ1v) is 7.37. The predicted octanol–water partition coefficient (Wildman–Crippen LogP) is 2.70. The van der Waals surface area contributed by atoms with Crippen LogP contribution in [0.2, 0.25) is 0 Å². The van der Waals surface area contributed by atoms with Crippen LogP contribution in [-0.2, 0) is 19.1 Å². The third-order valence-electron chi connectivity index (χ3n) is 4.76. The maximum absolute atomic E-state index is 12.0. The van der Waals surface area contributed by atoms with Crippen molar-refractivity contribution in [3.8, 4) is 0 Å². The Morgan fingerprint density at radius 1 is 1.33 bits per heavy atom. The molecule has 4 atom stereocenters. The van der Waals surface area contributed by atoms with Crippen molar-refractivity contribution >= 4 is 11.9 Å². The number of hydrogen-bond donors (Lipinski definition) is 0. The fraction of sp³-hybridized carbons (Fsp3) is 0.529. The van der Waals surface area contributed by atoms with E-state index in [1.54, 1.807) is 0 Å². The Morgan fingerprint density at radius 2 is 2.05 bits per heavy atom. The summed E-state index contributed by atoms with van der Waals surface area (Å²) in [6.07, 6.45) is 4.18. The Morgan fingerprint density at radius 3 is 2.71 bits per heavy atom. The molecule has 0 saturated carbocycles. The van der Waals surface area contributed by atoms with Gasteiger partial charge >= 0.3 is 11.9 Å². The minimum atomic E-state index is -0.309. The maximum atomic E-state index is 12.0. The van der Waals surface area contributed by atoms with Crippen molar-refractivity contribution in [2.75, 3.05) is 0 Å². The molecule has 2 aliphatic carbocycles. The second-order valence-electron chi connectivity index (χ2n) is 6.20. The largest absolute Gasteiger partial charge is 0.462 e. The fourth-order valence-electron chi connectivity index (χ4n) is 3.73. The Balaban J connectivity index is 2.09. The standard InChI is InChI=1S/C17H20O4/c1-8-5-6-12-9(2)7-13(20-11(4)18)15-10(3)17(19)21-16(15)14(8)12/h5-6,10,13,15-16H,7H2,1-4H3. The van der Waals surface area contributed by atoms with Crippen LogP contribution in [0.1, 0.15) is 34.1 Å². The third-order valence-corrected chi connectivity index (χ3v) is 4.76. The normalized spacial score (nSPS) is 34.6. The fourth-order valence-corrected chi connectivity index (χ4v) is 3.73. The molecule has 3 aliphatic rings. The Hall–Kier alpha value is -1.84. The highest BCUT2D eigenvalue weighted by Crippen LogP contribution is 2.46. The van der Waals surface area contributed by atoms with E-state index < -0.39 is 0 Å². The number of carbonyl (C=O) groups is 2. The average Bonchev–Trinajstić information content (AvgIpc) is 2.86. The van der Waals surface area contributed by atoms with Crippen LogP contribution in [0.4, 0.5) is 0 Å². The first-order valence-electron chi connectivity index (χ1n) is 7.37. The van der Waals surface area contributed by atoms with E-state index in [4.69, 9.17) is 9.47 Å². The van der Waals surface area contributed by atoms with E-state index in [2.05, 4.69) is 19.1 Å². The van der Waals surface area contributed by atoms with Crippen LogP contribution < -0.4 is 0 Å². The van der Waals surface area contributed by atoms with Gasteiger partial charge in [-0.1, -0.05) is 24.6 Å². The van der Waals surface area contributed by atoms with E-state index >= 15 is 0 Å². The molecule has 0 amide bonds. The van der Waals surface area contributed by atoms with E-state index in [-0.39, 0.29) is 36.0 Å². The van der Waals surface area contributed by atoms with Crippen LogP contribution >= 0.6 is 0 Å². The molecular formula is C17H20O4. The highest BCUT2D eigenvalue weighted by molar-refractivity contribution is 5.77. The van der Waals surface area contributed by atoms with Gasteiger partial charge in [0.15, 0.2) is 0 Å². The topological polar surface area (TPSA) is 52.6 Å². The zero-order valence-electron chi connectivity index (χ0n) is 12.8. The molecule has 1 fully saturated rings. The molecule has 0 N–H and O–H groups in total. The molecule has 1 heterocycles. The first-order chi connectivity index (χ1) is 9.90. The smallest absolute Gasteiger partial charge is 0.309 e. The number of ether oxygens (including phenoxy) is 2. The summed E-state index contributed by atoms with van der Waals surface area (Å²) in [4.78, 5) is 23.5. The lowest BCUT2D eigenvalue weighted by Gasteiger charge is -2.26. The summed E-state index contributed by atoms with van der Waals surface area (Å²) in [7, 11) is 0. The van der Waals surface area contributed by atoms with Crippen molar-refractivity contribution in [3.05, 3.63) is 34.4 Å². The summed E-state index contributed by atoms with van der Waals surface area (Å²) < 4.78 is 11.2. The molecule has 4 heteroatoms. The van der Waals surface area contributed by atoms with Gasteiger partial charge in [-0.2, -0.15) is 0 Å². The number of carbonyl (C=O) groups excluding carboxylic acids is 2. The summed E-state index contributed by atoms with van der Waals surface area (Å²) in [6, 6.07) is 0. The molecule has 1 aliphatic heterocycles. The van der Waals surface area contributed by atoms with Crippen molar-refractivity contribution in [1.82, 2.24) is 0 Å². The van der Waals surface area contributed by atoms with Crippen molar-refractivity contribution in [2.45, 2.75) is 46.3 Å². The van der Waals surface area contributed by atoms with E-state index in [0.717, 1.165) is 16.7 Å². The zero-order valence-corrected chi connectivity index (χ0v) is 12.8. The predicted molar refractivity (Wildman–Crippen MR) is 77.2 cm³/mol. The maximum Gasteiger partial charge on any atom is 0.309 e. The minimum absolute atomic E-state index is 0.112. The van der Waals surface area contributed by atoms with Gasteiger partial charge in [-0.25, -0.2) is 0 Å². The Bertz CT molecular complexity index is 608. The monoisotopic (exact) mass is 288 g/mol. The van der Waals surface area contributed by atoms with E-state index in [1.165, 1.54) is 12.5 Å². The number of allylic oxidation sites excluding steroid dienone is 3. The van der Waals surface area contributed by atoms with Crippen LogP contribution in [0.15, 0.2) is 34.4 Å². The number of fused-ring (bicyclic) bond motifs is 3. The molecule has 0 aromatic rings. The molecule has 4 unspecified atom stereocenters. The molecule has 0 aromatic heterocycles. The zero-order chi connectivity index (χ0) is 15.3. The van der Waals surface area contributed by atoms with Gasteiger partial charge in [0.05, 0.1) is 11.8 Å². The molecular weight excluding hydrogens is 268 g/mol. The van der Waals surface area contributed by atoms with Crippen molar-refractivity contribution in [3.63, 3.8) is 0 Å². The Labute approximate surface area is 124 Å². The van der Waals surface area contributed by atoms with Crippen molar-refractivity contribution < 1.29 is 19.1 Å². The third kappa shape index (κ3) is 2.13. The Kier molecular flexibility index (Phi) is 3.27. The molecule has 21 heavy (non-hydrogen) atoms. The van der Waals surface area contributed by atoms with Crippen LogP contribution in [0, 0.1) is 11.8 Å². The van der Waals surface area contributed by atoms with Crippen molar-refractivity contribution in [1.29, 1.82) is 0 Å². The van der Waals surface area contributed by atoms with Crippen LogP contribution in [-0.4, -0.2) is 24.1 Å². The molecule has 1 saturated heterocycles. The lowest BCUT2D eigenvalue weighted by Crippen LogP contribution is -2.35. The lowest BCUT2D eigenvalue weighted by molar-refractivity contribution is -0.150. The van der Waals surface area contributed by atoms with Gasteiger partial charge in [-0.15, -0.1) is 0 Å². The summed E-state index contributed by atoms with van der Waals surface area (Å²) in [5.41, 5.74) is 4.54. The second kappa shape index (κ2) is 4.86. The van der Waals surface area contributed by atoms with Crippen LogP contribution in [0.25, 0.3) is 0 Å². The quantitative estimate of drug-likeness (QED) is 0.696. The van der Waals surface area contributed by atoms with Gasteiger partial charge in [0.25, 0.3) is 0 Å². The second-order valence-corrected chi connectivity index (χ2v) is 6.20. The highest BCUT2D eigenvalue weighted by atomic mass is 16.6. The van der Waals surface area contributed by atoms with Crippen LogP contribution in [0.5, 0.6) is 0 Å². The van der Waals surface area contributed by atoms with E-state index in [9.17, 15) is 9.59 Å². The van der Waals surface area contributed by atoms with Gasteiger partial charge in [0, 0.05) is 18.9 Å². The van der Waals surface area contributed by atoms with Gasteiger partial charge in [0.1, 0.15) is 12.2 Å². The number of rotatable bonds is 1. The lowest BCUT2D eigenvalue weighted by atomic mass is 9.83. The van der Waals surface area contributed by atoms with Gasteiger partial charge in [0.2, 0.25) is 0 Å². The molecule has 0 spiro atoms.